The van der Waals surface area contributed by atoms with E-state index < -0.39 is 17.2 Å². The van der Waals surface area contributed by atoms with Gasteiger partial charge in [-0.1, -0.05) is 25.6 Å². The number of aromatic nitrogens is 3. The average molecular weight is 377 g/mol. The molecule has 1 atom stereocenters. The van der Waals surface area contributed by atoms with Crippen molar-refractivity contribution in [2.45, 2.75) is 37.7 Å². The van der Waals surface area contributed by atoms with Crippen LogP contribution in [-0.4, -0.2) is 39.1 Å². The largest absolute Gasteiger partial charge is 0.497 e. The Hall–Kier alpha value is -2.55. The van der Waals surface area contributed by atoms with Gasteiger partial charge in [0.15, 0.2) is 11.0 Å². The fourth-order valence-electron chi connectivity index (χ4n) is 2.29. The number of amides is 3. The van der Waals surface area contributed by atoms with Gasteiger partial charge in [0, 0.05) is 12.1 Å². The van der Waals surface area contributed by atoms with Gasteiger partial charge in [-0.05, 0) is 37.1 Å². The molecule has 1 unspecified atom stereocenters. The maximum Gasteiger partial charge on any atom is 0.318 e. The Bertz CT molecular complexity index is 773. The van der Waals surface area contributed by atoms with Gasteiger partial charge < -0.3 is 15.0 Å². The number of urea groups is 1. The van der Waals surface area contributed by atoms with Crippen molar-refractivity contribution in [3.63, 3.8) is 0 Å². The Morgan fingerprint density at radius 3 is 2.42 bits per heavy atom. The van der Waals surface area contributed by atoms with Crippen LogP contribution in [0, 0.1) is 5.92 Å². The Labute approximate surface area is 156 Å². The van der Waals surface area contributed by atoms with E-state index in [-0.39, 0.29) is 0 Å². The van der Waals surface area contributed by atoms with E-state index in [0.717, 1.165) is 11.3 Å². The minimum atomic E-state index is -0.870. The summed E-state index contributed by atoms with van der Waals surface area (Å²) in [6, 6.07) is 6.68. The third kappa shape index (κ3) is 4.98. The first-order valence-corrected chi connectivity index (χ1v) is 9.04. The van der Waals surface area contributed by atoms with E-state index in [2.05, 4.69) is 29.4 Å². The lowest BCUT2D eigenvalue weighted by Gasteiger charge is -2.14. The van der Waals surface area contributed by atoms with Gasteiger partial charge >= 0.3 is 6.03 Å². The van der Waals surface area contributed by atoms with Gasteiger partial charge in [-0.15, -0.1) is 10.2 Å². The summed E-state index contributed by atoms with van der Waals surface area (Å²) in [4.78, 5) is 22.8. The van der Waals surface area contributed by atoms with Crippen LogP contribution in [0.2, 0.25) is 0 Å². The molecule has 0 aliphatic heterocycles. The zero-order valence-corrected chi connectivity index (χ0v) is 16.0. The summed E-state index contributed by atoms with van der Waals surface area (Å²) in [6.45, 7) is 6.57. The van der Waals surface area contributed by atoms with Crippen LogP contribution in [0.15, 0.2) is 29.4 Å². The zero-order valence-electron chi connectivity index (χ0n) is 15.2. The summed E-state index contributed by atoms with van der Waals surface area (Å²) in [6.07, 6.45) is 0. The standard InChI is InChI=1S/C17H23N5O3S/c1-10(2)9-22-14(12-5-7-13(25-4)8-6-12)20-21-17(22)26-11(3)15(23)19-16(18)24/h5-8,10-11H,9H2,1-4H3,(H3,18,19,23,24). The maximum atomic E-state index is 11.9. The number of imide groups is 1. The summed E-state index contributed by atoms with van der Waals surface area (Å²) >= 11 is 1.23. The Kier molecular flexibility index (Phi) is 6.62. The average Bonchev–Trinajstić information content (AvgIpc) is 2.96. The van der Waals surface area contributed by atoms with E-state index in [1.807, 2.05) is 28.8 Å². The minimum Gasteiger partial charge on any atom is -0.497 e. The topological polar surface area (TPSA) is 112 Å². The monoisotopic (exact) mass is 377 g/mol. The van der Waals surface area contributed by atoms with Crippen LogP contribution >= 0.6 is 11.8 Å². The van der Waals surface area contributed by atoms with E-state index in [0.29, 0.717) is 23.4 Å². The zero-order chi connectivity index (χ0) is 19.3. The van der Waals surface area contributed by atoms with Crippen LogP contribution in [0.4, 0.5) is 4.79 Å². The first-order chi connectivity index (χ1) is 12.3. The van der Waals surface area contributed by atoms with Gasteiger partial charge in [0.25, 0.3) is 0 Å². The third-order valence-electron chi connectivity index (χ3n) is 3.51. The first-order valence-electron chi connectivity index (χ1n) is 8.16. The minimum absolute atomic E-state index is 0.358. The molecule has 0 spiro atoms. The lowest BCUT2D eigenvalue weighted by atomic mass is 10.2. The second-order valence-corrected chi connectivity index (χ2v) is 7.46. The molecule has 3 N–H and O–H groups in total. The Balaban J connectivity index is 2.30. The number of carbonyl (C=O) groups excluding carboxylic acids is 2. The molecule has 0 aliphatic rings. The molecule has 2 rings (SSSR count). The molecule has 9 heteroatoms. The normalized spacial score (nSPS) is 12.0. The maximum absolute atomic E-state index is 11.9. The van der Waals surface area contributed by atoms with Crippen molar-refractivity contribution >= 4 is 23.7 Å². The van der Waals surface area contributed by atoms with Crippen LogP contribution in [0.3, 0.4) is 0 Å². The molecule has 0 saturated carbocycles. The third-order valence-corrected chi connectivity index (χ3v) is 4.59. The smallest absolute Gasteiger partial charge is 0.318 e. The number of nitrogens with zero attached hydrogens (tertiary/aromatic N) is 3. The number of nitrogens with two attached hydrogens (primary N) is 1. The number of rotatable bonds is 7. The lowest BCUT2D eigenvalue weighted by Crippen LogP contribution is -2.39. The number of methoxy groups -OCH3 is 1. The van der Waals surface area contributed by atoms with Crippen LogP contribution < -0.4 is 15.8 Å². The van der Waals surface area contributed by atoms with Crippen molar-refractivity contribution in [1.29, 1.82) is 0 Å². The van der Waals surface area contributed by atoms with Gasteiger partial charge in [0.2, 0.25) is 5.91 Å². The molecular weight excluding hydrogens is 354 g/mol. The number of thioether (sulfide) groups is 1. The van der Waals surface area contributed by atoms with Crippen LogP contribution in [0.5, 0.6) is 5.75 Å². The molecule has 140 valence electrons. The number of benzene rings is 1. The Morgan fingerprint density at radius 1 is 1.23 bits per heavy atom. The molecule has 0 bridgehead atoms. The predicted octanol–water partition coefficient (Wildman–Crippen LogP) is 2.29. The fraction of sp³-hybridized carbons (Fsp3) is 0.412. The predicted molar refractivity (Wildman–Crippen MR) is 99.9 cm³/mol. The fourth-order valence-corrected chi connectivity index (χ4v) is 3.15. The van der Waals surface area contributed by atoms with Crippen molar-refractivity contribution in [3.8, 4) is 17.1 Å². The lowest BCUT2D eigenvalue weighted by molar-refractivity contribution is -0.119. The van der Waals surface area contributed by atoms with Crippen LogP contribution in [0.25, 0.3) is 11.4 Å². The number of nitrogens with one attached hydrogen (secondary N) is 1. The number of carbonyl (C=O) groups is 2. The van der Waals surface area contributed by atoms with Gasteiger partial charge in [0.05, 0.1) is 12.4 Å². The van der Waals surface area contributed by atoms with E-state index in [9.17, 15) is 9.59 Å². The highest BCUT2D eigenvalue weighted by atomic mass is 32.2. The van der Waals surface area contributed by atoms with Crippen molar-refractivity contribution < 1.29 is 14.3 Å². The molecule has 1 heterocycles. The highest BCUT2D eigenvalue weighted by Gasteiger charge is 2.22. The number of primary amides is 1. The summed E-state index contributed by atoms with van der Waals surface area (Å²) in [5.74, 6) is 1.37. The molecule has 2 aromatic rings. The van der Waals surface area contributed by atoms with Gasteiger partial charge in [0.1, 0.15) is 5.75 Å². The van der Waals surface area contributed by atoms with E-state index in [4.69, 9.17) is 10.5 Å². The van der Waals surface area contributed by atoms with E-state index in [1.165, 1.54) is 11.8 Å². The SMILES string of the molecule is COc1ccc(-c2nnc(SC(C)C(=O)NC(N)=O)n2CC(C)C)cc1. The van der Waals surface area contributed by atoms with E-state index in [1.54, 1.807) is 14.0 Å². The number of hydrogen-bond donors (Lipinski definition) is 2. The van der Waals surface area contributed by atoms with Gasteiger partial charge in [-0.2, -0.15) is 0 Å². The molecule has 0 saturated heterocycles. The van der Waals surface area contributed by atoms with Crippen molar-refractivity contribution in [2.75, 3.05) is 7.11 Å². The molecule has 26 heavy (non-hydrogen) atoms. The highest BCUT2D eigenvalue weighted by molar-refractivity contribution is 8.00. The molecule has 0 radical (unpaired) electrons. The van der Waals surface area contributed by atoms with Crippen molar-refractivity contribution in [3.05, 3.63) is 24.3 Å². The molecule has 3 amide bonds. The summed E-state index contributed by atoms with van der Waals surface area (Å²) in [5.41, 5.74) is 5.90. The number of hydrogen-bond acceptors (Lipinski definition) is 6. The van der Waals surface area contributed by atoms with Gasteiger partial charge in [-0.3, -0.25) is 10.1 Å². The molecular formula is C17H23N5O3S. The summed E-state index contributed by atoms with van der Waals surface area (Å²) < 4.78 is 7.16. The summed E-state index contributed by atoms with van der Waals surface area (Å²) in [7, 11) is 1.61. The Morgan fingerprint density at radius 2 is 1.88 bits per heavy atom. The van der Waals surface area contributed by atoms with Crippen LogP contribution in [-0.2, 0) is 11.3 Å². The second kappa shape index (κ2) is 8.70. The number of ether oxygens (including phenoxy) is 1. The van der Waals surface area contributed by atoms with E-state index >= 15 is 0 Å². The molecule has 1 aromatic heterocycles. The van der Waals surface area contributed by atoms with Crippen molar-refractivity contribution in [1.82, 2.24) is 20.1 Å². The van der Waals surface area contributed by atoms with Crippen LogP contribution in [0.1, 0.15) is 20.8 Å². The molecule has 1 aromatic carbocycles. The van der Waals surface area contributed by atoms with Crippen molar-refractivity contribution in [2.24, 2.45) is 11.7 Å². The second-order valence-electron chi connectivity index (χ2n) is 6.15. The molecule has 8 nitrogen and oxygen atoms in total. The highest BCUT2D eigenvalue weighted by Crippen LogP contribution is 2.28. The first kappa shape index (κ1) is 19.8. The van der Waals surface area contributed by atoms with Gasteiger partial charge in [-0.25, -0.2) is 4.79 Å². The quantitative estimate of drug-likeness (QED) is 0.716. The molecule has 0 aliphatic carbocycles. The molecule has 0 fully saturated rings. The summed E-state index contributed by atoms with van der Waals surface area (Å²) in [5, 5.41) is 10.7.